The zero-order valence-corrected chi connectivity index (χ0v) is 4.79. The number of hydrogen-bond donors (Lipinski definition) is 1. The minimum absolute atomic E-state index is 0.178. The van der Waals surface area contributed by atoms with Crippen LogP contribution in [0.25, 0.3) is 0 Å². The fourth-order valence-corrected chi connectivity index (χ4v) is 0.764. The standard InChI is InChI=1S/C5H7F2NO/c6-2-5(7)1-4(9)8-3-5/h1-3H2,(H,8,9). The van der Waals surface area contributed by atoms with Crippen molar-refractivity contribution in [2.24, 2.45) is 0 Å². The van der Waals surface area contributed by atoms with E-state index in [0.29, 0.717) is 0 Å². The van der Waals surface area contributed by atoms with E-state index in [9.17, 15) is 13.6 Å². The quantitative estimate of drug-likeness (QED) is 0.546. The van der Waals surface area contributed by atoms with Gasteiger partial charge >= 0.3 is 0 Å². The first-order valence-electron chi connectivity index (χ1n) is 2.68. The second-order valence-corrected chi connectivity index (χ2v) is 2.24. The lowest BCUT2D eigenvalue weighted by Gasteiger charge is -2.09. The summed E-state index contributed by atoms with van der Waals surface area (Å²) in [6.45, 7) is -1.26. The molecule has 1 aliphatic rings. The van der Waals surface area contributed by atoms with Crippen LogP contribution < -0.4 is 5.32 Å². The molecule has 0 aromatic rings. The second-order valence-electron chi connectivity index (χ2n) is 2.24. The van der Waals surface area contributed by atoms with Gasteiger partial charge in [0.15, 0.2) is 5.67 Å². The van der Waals surface area contributed by atoms with Gasteiger partial charge in [0.2, 0.25) is 5.91 Å². The van der Waals surface area contributed by atoms with E-state index >= 15 is 0 Å². The topological polar surface area (TPSA) is 29.1 Å². The molecule has 1 atom stereocenters. The number of halogens is 2. The van der Waals surface area contributed by atoms with E-state index in [0.717, 1.165) is 0 Å². The van der Waals surface area contributed by atoms with Crippen LogP contribution in [0.5, 0.6) is 0 Å². The van der Waals surface area contributed by atoms with Crippen molar-refractivity contribution in [2.75, 3.05) is 13.2 Å². The molecule has 1 rings (SSSR count). The van der Waals surface area contributed by atoms with Crippen molar-refractivity contribution in [3.8, 4) is 0 Å². The number of nitrogens with one attached hydrogen (secondary N) is 1. The van der Waals surface area contributed by atoms with Gasteiger partial charge in [-0.05, 0) is 0 Å². The summed E-state index contributed by atoms with van der Waals surface area (Å²) >= 11 is 0. The van der Waals surface area contributed by atoms with Crippen molar-refractivity contribution in [2.45, 2.75) is 12.1 Å². The van der Waals surface area contributed by atoms with E-state index < -0.39 is 18.3 Å². The summed E-state index contributed by atoms with van der Waals surface area (Å²) in [5.41, 5.74) is -1.92. The summed E-state index contributed by atoms with van der Waals surface area (Å²) in [4.78, 5) is 10.3. The second kappa shape index (κ2) is 1.93. The molecule has 0 bridgehead atoms. The van der Waals surface area contributed by atoms with Crippen molar-refractivity contribution in [1.82, 2.24) is 5.32 Å². The molecular formula is C5H7F2NO. The van der Waals surface area contributed by atoms with E-state index in [4.69, 9.17) is 0 Å². The number of carbonyl (C=O) groups is 1. The van der Waals surface area contributed by atoms with Crippen LogP contribution in [-0.2, 0) is 4.79 Å². The Morgan fingerprint density at radius 3 is 2.67 bits per heavy atom. The third-order valence-corrected chi connectivity index (χ3v) is 1.32. The molecule has 0 aliphatic carbocycles. The molecule has 0 spiro atoms. The van der Waals surface area contributed by atoms with Crippen LogP contribution in [0.4, 0.5) is 8.78 Å². The highest BCUT2D eigenvalue weighted by Crippen LogP contribution is 2.20. The monoisotopic (exact) mass is 135 g/mol. The largest absolute Gasteiger partial charge is 0.353 e. The molecule has 0 radical (unpaired) electrons. The molecule has 0 aromatic heterocycles. The highest BCUT2D eigenvalue weighted by atomic mass is 19.2. The molecule has 52 valence electrons. The van der Waals surface area contributed by atoms with Crippen LogP contribution in [0.2, 0.25) is 0 Å². The average Bonchev–Trinajstić information content (AvgIpc) is 2.13. The number of alkyl halides is 2. The normalized spacial score (nSPS) is 34.7. The Balaban J connectivity index is 2.54. The molecule has 1 amide bonds. The van der Waals surface area contributed by atoms with Gasteiger partial charge in [-0.3, -0.25) is 4.79 Å². The van der Waals surface area contributed by atoms with Crippen molar-refractivity contribution in [3.05, 3.63) is 0 Å². The van der Waals surface area contributed by atoms with Gasteiger partial charge in [0, 0.05) is 0 Å². The zero-order chi connectivity index (χ0) is 6.91. The van der Waals surface area contributed by atoms with Crippen LogP contribution in [0.15, 0.2) is 0 Å². The smallest absolute Gasteiger partial charge is 0.223 e. The zero-order valence-electron chi connectivity index (χ0n) is 4.79. The van der Waals surface area contributed by atoms with Crippen LogP contribution in [-0.4, -0.2) is 24.8 Å². The lowest BCUT2D eigenvalue weighted by Crippen LogP contribution is -2.28. The highest BCUT2D eigenvalue weighted by molar-refractivity contribution is 5.79. The van der Waals surface area contributed by atoms with Gasteiger partial charge in [0.25, 0.3) is 0 Å². The van der Waals surface area contributed by atoms with Crippen molar-refractivity contribution in [1.29, 1.82) is 0 Å². The van der Waals surface area contributed by atoms with Gasteiger partial charge in [-0.1, -0.05) is 0 Å². The van der Waals surface area contributed by atoms with Gasteiger partial charge in [-0.25, -0.2) is 8.78 Å². The molecule has 1 saturated heterocycles. The van der Waals surface area contributed by atoms with Crippen LogP contribution in [0.3, 0.4) is 0 Å². The summed E-state index contributed by atoms with van der Waals surface area (Å²) in [5, 5.41) is 2.21. The minimum Gasteiger partial charge on any atom is -0.353 e. The Hall–Kier alpha value is -0.670. The SMILES string of the molecule is O=C1CC(F)(CF)CN1. The minimum atomic E-state index is -1.92. The number of rotatable bonds is 1. The van der Waals surface area contributed by atoms with E-state index in [2.05, 4.69) is 5.32 Å². The number of amides is 1. The maximum Gasteiger partial charge on any atom is 0.223 e. The van der Waals surface area contributed by atoms with E-state index in [1.54, 1.807) is 0 Å². The van der Waals surface area contributed by atoms with E-state index in [1.165, 1.54) is 0 Å². The molecule has 2 nitrogen and oxygen atoms in total. The van der Waals surface area contributed by atoms with Gasteiger partial charge in [0.05, 0.1) is 13.0 Å². The van der Waals surface area contributed by atoms with Crippen LogP contribution in [0, 0.1) is 0 Å². The highest BCUT2D eigenvalue weighted by Gasteiger charge is 2.38. The molecule has 0 saturated carbocycles. The third kappa shape index (κ3) is 1.17. The van der Waals surface area contributed by atoms with Gasteiger partial charge < -0.3 is 5.32 Å². The summed E-state index contributed by atoms with van der Waals surface area (Å²) in [6, 6.07) is 0. The lowest BCUT2D eigenvalue weighted by atomic mass is 10.1. The van der Waals surface area contributed by atoms with Gasteiger partial charge in [0.1, 0.15) is 6.67 Å². The fourth-order valence-electron chi connectivity index (χ4n) is 0.764. The van der Waals surface area contributed by atoms with Crippen LogP contribution in [0.1, 0.15) is 6.42 Å². The summed E-state index contributed by atoms with van der Waals surface area (Å²) < 4.78 is 24.3. The number of carbonyl (C=O) groups excluding carboxylic acids is 1. The molecule has 4 heteroatoms. The van der Waals surface area contributed by atoms with Gasteiger partial charge in [-0.15, -0.1) is 0 Å². The first kappa shape index (κ1) is 6.45. The maximum absolute atomic E-state index is 12.6. The molecule has 1 N–H and O–H groups in total. The first-order valence-corrected chi connectivity index (χ1v) is 2.68. The third-order valence-electron chi connectivity index (χ3n) is 1.32. The fraction of sp³-hybridized carbons (Fsp3) is 0.800. The summed E-state index contributed by atoms with van der Waals surface area (Å²) in [6.07, 6.45) is -0.330. The average molecular weight is 135 g/mol. The Morgan fingerprint density at radius 1 is 1.78 bits per heavy atom. The molecule has 1 unspecified atom stereocenters. The molecule has 1 aliphatic heterocycles. The first-order chi connectivity index (χ1) is 4.16. The van der Waals surface area contributed by atoms with E-state index in [1.807, 2.05) is 0 Å². The maximum atomic E-state index is 12.6. The van der Waals surface area contributed by atoms with Gasteiger partial charge in [-0.2, -0.15) is 0 Å². The molecule has 1 heterocycles. The van der Waals surface area contributed by atoms with Crippen molar-refractivity contribution >= 4 is 5.91 Å². The van der Waals surface area contributed by atoms with Crippen LogP contribution >= 0.6 is 0 Å². The van der Waals surface area contributed by atoms with E-state index in [-0.39, 0.29) is 13.0 Å². The predicted molar refractivity (Wildman–Crippen MR) is 27.4 cm³/mol. The lowest BCUT2D eigenvalue weighted by molar-refractivity contribution is -0.119. The Morgan fingerprint density at radius 2 is 2.44 bits per heavy atom. The molecule has 9 heavy (non-hydrogen) atoms. The van der Waals surface area contributed by atoms with Crippen molar-refractivity contribution in [3.63, 3.8) is 0 Å². The Kier molecular flexibility index (Phi) is 1.38. The molecule has 0 aromatic carbocycles. The number of hydrogen-bond acceptors (Lipinski definition) is 1. The Bertz CT molecular complexity index is 139. The summed E-state index contributed by atoms with van der Waals surface area (Å²) in [5.74, 6) is -0.407. The molecule has 1 fully saturated rings. The predicted octanol–water partition coefficient (Wildman–Crippen LogP) is 0.184. The van der Waals surface area contributed by atoms with Crippen molar-refractivity contribution < 1.29 is 13.6 Å². The summed E-state index contributed by atoms with van der Waals surface area (Å²) in [7, 11) is 0. The molecular weight excluding hydrogens is 128 g/mol. The Labute approximate surface area is 51.2 Å².